The first-order chi connectivity index (χ1) is 14.6. The Hall–Kier alpha value is -3.26. The molecule has 0 unspecified atom stereocenters. The molecule has 1 heterocycles. The van der Waals surface area contributed by atoms with Crippen LogP contribution >= 0.6 is 0 Å². The van der Waals surface area contributed by atoms with Crippen LogP contribution in [-0.2, 0) is 4.79 Å². The molecular formula is C22H28N4O4. The van der Waals surface area contributed by atoms with Gasteiger partial charge in [0.05, 0.1) is 14.2 Å². The van der Waals surface area contributed by atoms with Crippen molar-refractivity contribution in [1.29, 1.82) is 0 Å². The zero-order chi connectivity index (χ0) is 21.3. The van der Waals surface area contributed by atoms with Crippen molar-refractivity contribution in [1.82, 2.24) is 15.8 Å². The van der Waals surface area contributed by atoms with Gasteiger partial charge < -0.3 is 14.4 Å². The lowest BCUT2D eigenvalue weighted by atomic mass is 10.2. The van der Waals surface area contributed by atoms with E-state index >= 15 is 0 Å². The van der Waals surface area contributed by atoms with E-state index in [9.17, 15) is 9.59 Å². The maximum Gasteiger partial charge on any atom is 0.269 e. The van der Waals surface area contributed by atoms with Gasteiger partial charge in [-0.15, -0.1) is 0 Å². The van der Waals surface area contributed by atoms with Crippen molar-refractivity contribution in [2.75, 3.05) is 51.8 Å². The van der Waals surface area contributed by atoms with Crippen molar-refractivity contribution >= 4 is 17.5 Å². The summed E-state index contributed by atoms with van der Waals surface area (Å²) in [5.41, 5.74) is 6.48. The number of benzene rings is 2. The topological polar surface area (TPSA) is 83.1 Å². The minimum atomic E-state index is -0.433. The Morgan fingerprint density at radius 3 is 2.13 bits per heavy atom. The number of carbonyl (C=O) groups is 2. The van der Waals surface area contributed by atoms with Crippen molar-refractivity contribution < 1.29 is 19.1 Å². The third kappa shape index (κ3) is 5.87. The molecule has 8 heteroatoms. The molecule has 1 aliphatic rings. The average Bonchev–Trinajstić information content (AvgIpc) is 2.81. The number of methoxy groups -OCH3 is 2. The molecular weight excluding hydrogens is 384 g/mol. The van der Waals surface area contributed by atoms with Crippen molar-refractivity contribution in [3.63, 3.8) is 0 Å². The lowest BCUT2D eigenvalue weighted by Crippen LogP contribution is -2.48. The first-order valence-corrected chi connectivity index (χ1v) is 9.93. The van der Waals surface area contributed by atoms with Gasteiger partial charge in [-0.3, -0.25) is 25.3 Å². The summed E-state index contributed by atoms with van der Waals surface area (Å²) in [6, 6.07) is 15.2. The molecule has 2 aromatic rings. The molecule has 2 amide bonds. The van der Waals surface area contributed by atoms with E-state index in [1.54, 1.807) is 18.2 Å². The minimum absolute atomic E-state index is 0.233. The number of carbonyl (C=O) groups excluding carboxylic acids is 2. The Morgan fingerprint density at radius 1 is 0.900 bits per heavy atom. The summed E-state index contributed by atoms with van der Waals surface area (Å²) in [4.78, 5) is 29.1. The van der Waals surface area contributed by atoms with Crippen LogP contribution in [-0.4, -0.2) is 63.7 Å². The Bertz CT molecular complexity index is 829. The molecule has 2 N–H and O–H groups in total. The summed E-state index contributed by atoms with van der Waals surface area (Å²) in [5.74, 6) is 0.335. The van der Waals surface area contributed by atoms with Crippen molar-refractivity contribution in [2.45, 2.75) is 6.42 Å². The van der Waals surface area contributed by atoms with Crippen LogP contribution in [0.5, 0.6) is 11.5 Å². The summed E-state index contributed by atoms with van der Waals surface area (Å²) in [7, 11) is 3.02. The molecule has 0 atom stereocenters. The maximum atomic E-state index is 12.3. The Labute approximate surface area is 176 Å². The van der Waals surface area contributed by atoms with Crippen LogP contribution in [0.2, 0.25) is 0 Å². The predicted molar refractivity (Wildman–Crippen MR) is 115 cm³/mol. The number of amides is 2. The second-order valence-corrected chi connectivity index (χ2v) is 7.02. The molecule has 3 rings (SSSR count). The molecule has 30 heavy (non-hydrogen) atoms. The molecule has 0 aliphatic carbocycles. The Balaban J connectivity index is 1.40. The van der Waals surface area contributed by atoms with E-state index in [1.165, 1.54) is 19.9 Å². The van der Waals surface area contributed by atoms with Gasteiger partial charge in [0.2, 0.25) is 5.91 Å². The van der Waals surface area contributed by atoms with Crippen LogP contribution in [0.1, 0.15) is 16.8 Å². The molecule has 0 aromatic heterocycles. The molecule has 2 aromatic carbocycles. The molecule has 8 nitrogen and oxygen atoms in total. The summed E-state index contributed by atoms with van der Waals surface area (Å²) in [6.07, 6.45) is 0.313. The third-order valence-electron chi connectivity index (χ3n) is 5.08. The number of anilines is 1. The van der Waals surface area contributed by atoms with Crippen molar-refractivity contribution in [3.05, 3.63) is 54.1 Å². The predicted octanol–water partition coefficient (Wildman–Crippen LogP) is 1.68. The molecule has 0 saturated carbocycles. The van der Waals surface area contributed by atoms with Gasteiger partial charge in [0.25, 0.3) is 5.91 Å². The molecule has 0 bridgehead atoms. The fourth-order valence-electron chi connectivity index (χ4n) is 3.33. The molecule has 1 saturated heterocycles. The lowest BCUT2D eigenvalue weighted by Gasteiger charge is -2.36. The van der Waals surface area contributed by atoms with E-state index in [-0.39, 0.29) is 5.91 Å². The Morgan fingerprint density at radius 2 is 1.53 bits per heavy atom. The average molecular weight is 412 g/mol. The summed E-state index contributed by atoms with van der Waals surface area (Å²) in [5, 5.41) is 0. The quantitative estimate of drug-likeness (QED) is 0.674. The van der Waals surface area contributed by atoms with E-state index in [2.05, 4.69) is 32.8 Å². The number of hydrogen-bond acceptors (Lipinski definition) is 6. The summed E-state index contributed by atoms with van der Waals surface area (Å²) >= 11 is 0. The van der Waals surface area contributed by atoms with Crippen LogP contribution in [0.4, 0.5) is 5.69 Å². The fraction of sp³-hybridized carbons (Fsp3) is 0.364. The third-order valence-corrected chi connectivity index (χ3v) is 5.08. The molecule has 0 radical (unpaired) electrons. The number of nitrogens with one attached hydrogen (secondary N) is 2. The van der Waals surface area contributed by atoms with Crippen LogP contribution in [0.15, 0.2) is 48.5 Å². The van der Waals surface area contributed by atoms with Crippen LogP contribution in [0.3, 0.4) is 0 Å². The maximum absolute atomic E-state index is 12.3. The van der Waals surface area contributed by atoms with Crippen molar-refractivity contribution in [2.24, 2.45) is 0 Å². The van der Waals surface area contributed by atoms with Crippen LogP contribution in [0.25, 0.3) is 0 Å². The molecule has 1 aliphatic heterocycles. The summed E-state index contributed by atoms with van der Waals surface area (Å²) < 4.78 is 10.3. The van der Waals surface area contributed by atoms with Gasteiger partial charge in [0, 0.05) is 56.5 Å². The second-order valence-electron chi connectivity index (χ2n) is 7.02. The zero-order valence-corrected chi connectivity index (χ0v) is 17.4. The van der Waals surface area contributed by atoms with Gasteiger partial charge in [-0.05, 0) is 24.3 Å². The number of hydrogen-bond donors (Lipinski definition) is 2. The number of nitrogens with zero attached hydrogens (tertiary/aromatic N) is 2. The number of hydrazine groups is 1. The number of rotatable bonds is 7. The normalized spacial score (nSPS) is 14.1. The number of para-hydroxylation sites is 1. The highest BCUT2D eigenvalue weighted by atomic mass is 16.5. The highest BCUT2D eigenvalue weighted by Crippen LogP contribution is 2.22. The second kappa shape index (κ2) is 10.5. The van der Waals surface area contributed by atoms with E-state index < -0.39 is 5.91 Å². The van der Waals surface area contributed by atoms with Gasteiger partial charge in [-0.1, -0.05) is 18.2 Å². The van der Waals surface area contributed by atoms with Crippen LogP contribution < -0.4 is 25.2 Å². The van der Waals surface area contributed by atoms with Gasteiger partial charge in [0.15, 0.2) is 0 Å². The number of piperazine rings is 1. The minimum Gasteiger partial charge on any atom is -0.497 e. The van der Waals surface area contributed by atoms with Gasteiger partial charge in [0.1, 0.15) is 11.5 Å². The lowest BCUT2D eigenvalue weighted by molar-refractivity contribution is -0.122. The van der Waals surface area contributed by atoms with Gasteiger partial charge in [-0.2, -0.15) is 0 Å². The zero-order valence-electron chi connectivity index (χ0n) is 17.4. The van der Waals surface area contributed by atoms with E-state index in [1.807, 2.05) is 18.2 Å². The molecule has 0 spiro atoms. The Kier molecular flexibility index (Phi) is 7.51. The first kappa shape index (κ1) is 21.4. The largest absolute Gasteiger partial charge is 0.497 e. The highest BCUT2D eigenvalue weighted by molar-refractivity contribution is 5.96. The molecule has 160 valence electrons. The van der Waals surface area contributed by atoms with E-state index in [4.69, 9.17) is 9.47 Å². The summed E-state index contributed by atoms with van der Waals surface area (Å²) in [6.45, 7) is 4.31. The van der Waals surface area contributed by atoms with Gasteiger partial charge in [-0.25, -0.2) is 0 Å². The van der Waals surface area contributed by atoms with E-state index in [0.717, 1.165) is 26.2 Å². The van der Waals surface area contributed by atoms with Gasteiger partial charge >= 0.3 is 0 Å². The number of ether oxygens (including phenoxy) is 2. The smallest absolute Gasteiger partial charge is 0.269 e. The SMILES string of the molecule is COc1cc(OC)cc(C(=O)NNC(=O)CCN2CCN(c3ccccc3)CC2)c1. The standard InChI is InChI=1S/C22H28N4O4/c1-29-19-14-17(15-20(16-19)30-2)22(28)24-23-21(27)8-9-25-10-12-26(13-11-25)18-6-4-3-5-7-18/h3-7,14-16H,8-13H2,1-2H3,(H,23,27)(H,24,28). The van der Waals surface area contributed by atoms with Crippen molar-refractivity contribution in [3.8, 4) is 11.5 Å². The highest BCUT2D eigenvalue weighted by Gasteiger charge is 2.18. The van der Waals surface area contributed by atoms with E-state index in [0.29, 0.717) is 30.0 Å². The van der Waals surface area contributed by atoms with Crippen LogP contribution in [0, 0.1) is 0 Å². The monoisotopic (exact) mass is 412 g/mol. The first-order valence-electron chi connectivity index (χ1n) is 9.93. The molecule has 1 fully saturated rings. The fourth-order valence-corrected chi connectivity index (χ4v) is 3.33.